The second-order valence-corrected chi connectivity index (χ2v) is 8.73. The Morgan fingerprint density at radius 2 is 0.971 bits per heavy atom. The van der Waals surface area contributed by atoms with Crippen molar-refractivity contribution in [3.8, 4) is 28.7 Å². The number of hydrogen-bond acceptors (Lipinski definition) is 5. The van der Waals surface area contributed by atoms with E-state index in [2.05, 4.69) is 4.90 Å². The molecule has 0 aromatic heterocycles. The monoisotopic (exact) mass is 455 g/mol. The zero-order chi connectivity index (χ0) is 24.6. The predicted molar refractivity (Wildman–Crippen MR) is 136 cm³/mol. The molecule has 4 aromatic carbocycles. The van der Waals surface area contributed by atoms with Gasteiger partial charge >= 0.3 is 0 Å². The third-order valence-corrected chi connectivity index (χ3v) is 6.01. The molecule has 0 radical (unpaired) electrons. The van der Waals surface area contributed by atoms with Crippen LogP contribution in [0.2, 0.25) is 0 Å². The lowest BCUT2D eigenvalue weighted by molar-refractivity contribution is 0.460. The molecule has 0 aliphatic heterocycles. The number of hydrogen-bond donors (Lipinski definition) is 3. The van der Waals surface area contributed by atoms with Crippen LogP contribution < -0.4 is 9.64 Å². The number of nitrogens with zero attached hydrogens (tertiary/aromatic N) is 1. The number of phenolic OH excluding ortho intramolecular Hbond substituents is 3. The Morgan fingerprint density at radius 3 is 1.47 bits per heavy atom. The van der Waals surface area contributed by atoms with Gasteiger partial charge in [0.25, 0.3) is 0 Å². The van der Waals surface area contributed by atoms with E-state index in [1.165, 1.54) is 0 Å². The molecule has 0 aliphatic rings. The highest BCUT2D eigenvalue weighted by Gasteiger charge is 2.19. The van der Waals surface area contributed by atoms with Gasteiger partial charge in [-0.25, -0.2) is 0 Å². The van der Waals surface area contributed by atoms with Crippen molar-refractivity contribution in [2.75, 3.05) is 4.90 Å². The Balaban J connectivity index is 1.79. The third kappa shape index (κ3) is 4.50. The van der Waals surface area contributed by atoms with Crippen molar-refractivity contribution in [1.29, 1.82) is 0 Å². The summed E-state index contributed by atoms with van der Waals surface area (Å²) in [7, 11) is 0. The van der Waals surface area contributed by atoms with E-state index < -0.39 is 0 Å². The first kappa shape index (κ1) is 23.1. The Labute approximate surface area is 200 Å². The van der Waals surface area contributed by atoms with Crippen LogP contribution in [0.25, 0.3) is 0 Å². The second-order valence-electron chi connectivity index (χ2n) is 8.73. The topological polar surface area (TPSA) is 73.2 Å². The van der Waals surface area contributed by atoms with Gasteiger partial charge in [0.05, 0.1) is 0 Å². The summed E-state index contributed by atoms with van der Waals surface area (Å²) in [5.41, 5.74) is 6.94. The molecular formula is C29H29NO4. The number of ether oxygens (including phenoxy) is 1. The molecule has 0 saturated carbocycles. The third-order valence-electron chi connectivity index (χ3n) is 6.01. The van der Waals surface area contributed by atoms with Crippen LogP contribution in [0.1, 0.15) is 27.8 Å². The van der Waals surface area contributed by atoms with E-state index in [9.17, 15) is 15.3 Å². The van der Waals surface area contributed by atoms with Crippen LogP contribution in [0.15, 0.2) is 66.7 Å². The highest BCUT2D eigenvalue weighted by Crippen LogP contribution is 2.42. The molecule has 4 rings (SSSR count). The zero-order valence-corrected chi connectivity index (χ0v) is 20.0. The van der Waals surface area contributed by atoms with Crippen LogP contribution in [-0.2, 0) is 0 Å². The highest BCUT2D eigenvalue weighted by molar-refractivity contribution is 5.82. The molecule has 3 N–H and O–H groups in total. The van der Waals surface area contributed by atoms with E-state index in [1.807, 2.05) is 71.0 Å². The number of phenols is 3. The van der Waals surface area contributed by atoms with Crippen LogP contribution in [-0.4, -0.2) is 15.3 Å². The van der Waals surface area contributed by atoms with E-state index >= 15 is 0 Å². The molecule has 0 fully saturated rings. The highest BCUT2D eigenvalue weighted by atomic mass is 16.5. The molecule has 0 amide bonds. The zero-order valence-electron chi connectivity index (χ0n) is 20.0. The first-order valence-corrected chi connectivity index (χ1v) is 11.1. The molecule has 4 aromatic rings. The van der Waals surface area contributed by atoms with Crippen LogP contribution >= 0.6 is 0 Å². The molecule has 0 unspecified atom stereocenters. The van der Waals surface area contributed by atoms with Crippen molar-refractivity contribution in [2.24, 2.45) is 0 Å². The van der Waals surface area contributed by atoms with E-state index in [0.29, 0.717) is 11.5 Å². The van der Waals surface area contributed by atoms with E-state index in [1.54, 1.807) is 30.3 Å². The number of aryl methyl sites for hydroxylation is 5. The molecule has 0 spiro atoms. The standard InChI is InChI=1S/C29H29NO4/c1-17-15-28(32)20(4)13-25(17)30(26-14-21(5)29(33)16-18(26)2)22-6-8-23(9-7-22)34-24-10-11-27(31)19(3)12-24/h6-16,31-33H,1-5H3. The summed E-state index contributed by atoms with van der Waals surface area (Å²) in [5.74, 6) is 2.07. The van der Waals surface area contributed by atoms with Crippen LogP contribution in [0, 0.1) is 34.6 Å². The Kier molecular flexibility index (Phi) is 6.12. The first-order valence-electron chi connectivity index (χ1n) is 11.1. The SMILES string of the molecule is Cc1cc(Oc2ccc(N(c3cc(C)c(O)cc3C)c3cc(C)c(O)cc3C)cc2)ccc1O. The maximum absolute atomic E-state index is 10.2. The molecule has 0 heterocycles. The minimum Gasteiger partial charge on any atom is -0.508 e. The fraction of sp³-hybridized carbons (Fsp3) is 0.172. The number of aromatic hydroxyl groups is 3. The van der Waals surface area contributed by atoms with Crippen LogP contribution in [0.4, 0.5) is 17.1 Å². The van der Waals surface area contributed by atoms with Gasteiger partial charge in [-0.15, -0.1) is 0 Å². The van der Waals surface area contributed by atoms with Crippen LogP contribution in [0.5, 0.6) is 28.7 Å². The quantitative estimate of drug-likeness (QED) is 0.289. The Morgan fingerprint density at radius 1 is 0.500 bits per heavy atom. The van der Waals surface area contributed by atoms with Gasteiger partial charge in [-0.05, 0) is 129 Å². The van der Waals surface area contributed by atoms with Crippen molar-refractivity contribution < 1.29 is 20.1 Å². The molecular weight excluding hydrogens is 426 g/mol. The normalized spacial score (nSPS) is 10.9. The fourth-order valence-electron chi connectivity index (χ4n) is 3.95. The van der Waals surface area contributed by atoms with Gasteiger partial charge in [-0.1, -0.05) is 0 Å². The summed E-state index contributed by atoms with van der Waals surface area (Å²) in [6.45, 7) is 9.51. The second kappa shape index (κ2) is 9.02. The Hall–Kier alpha value is -4.12. The summed E-state index contributed by atoms with van der Waals surface area (Å²) in [6.07, 6.45) is 0. The smallest absolute Gasteiger partial charge is 0.127 e. The molecule has 5 heteroatoms. The van der Waals surface area contributed by atoms with Crippen molar-refractivity contribution in [3.05, 3.63) is 94.5 Å². The lowest BCUT2D eigenvalue weighted by atomic mass is 10.0. The summed E-state index contributed by atoms with van der Waals surface area (Å²) >= 11 is 0. The van der Waals surface area contributed by atoms with E-state index in [-0.39, 0.29) is 17.2 Å². The summed E-state index contributed by atoms with van der Waals surface area (Å²) in [5, 5.41) is 30.2. The van der Waals surface area contributed by atoms with Gasteiger partial charge < -0.3 is 25.0 Å². The maximum atomic E-state index is 10.2. The maximum Gasteiger partial charge on any atom is 0.127 e. The van der Waals surface area contributed by atoms with Gasteiger partial charge in [-0.2, -0.15) is 0 Å². The molecule has 0 aliphatic carbocycles. The lowest BCUT2D eigenvalue weighted by Gasteiger charge is -2.29. The average molecular weight is 456 g/mol. The van der Waals surface area contributed by atoms with Gasteiger partial charge in [0.15, 0.2) is 0 Å². The molecule has 174 valence electrons. The van der Waals surface area contributed by atoms with Crippen molar-refractivity contribution >= 4 is 17.1 Å². The van der Waals surface area contributed by atoms with Gasteiger partial charge in [-0.3, -0.25) is 0 Å². The minimum absolute atomic E-state index is 0.234. The first-order chi connectivity index (χ1) is 16.1. The van der Waals surface area contributed by atoms with Crippen molar-refractivity contribution in [2.45, 2.75) is 34.6 Å². The Bertz CT molecular complexity index is 1300. The molecule has 0 saturated heterocycles. The fourth-order valence-corrected chi connectivity index (χ4v) is 3.95. The van der Waals surface area contributed by atoms with Gasteiger partial charge in [0, 0.05) is 17.1 Å². The van der Waals surface area contributed by atoms with E-state index in [0.717, 1.165) is 44.9 Å². The van der Waals surface area contributed by atoms with Gasteiger partial charge in [0.1, 0.15) is 28.7 Å². The number of benzene rings is 4. The summed E-state index contributed by atoms with van der Waals surface area (Å²) in [6, 6.07) is 20.4. The van der Waals surface area contributed by atoms with Crippen molar-refractivity contribution in [3.63, 3.8) is 0 Å². The van der Waals surface area contributed by atoms with Crippen molar-refractivity contribution in [1.82, 2.24) is 0 Å². The largest absolute Gasteiger partial charge is 0.508 e. The van der Waals surface area contributed by atoms with Crippen LogP contribution in [0.3, 0.4) is 0 Å². The minimum atomic E-state index is 0.234. The summed E-state index contributed by atoms with van der Waals surface area (Å²) < 4.78 is 5.98. The average Bonchev–Trinajstić information content (AvgIpc) is 2.79. The molecule has 5 nitrogen and oxygen atoms in total. The molecule has 0 bridgehead atoms. The lowest BCUT2D eigenvalue weighted by Crippen LogP contribution is -2.13. The predicted octanol–water partition coefficient (Wildman–Crippen LogP) is 7.61. The molecule has 0 atom stereocenters. The van der Waals surface area contributed by atoms with Gasteiger partial charge in [0.2, 0.25) is 0 Å². The molecule has 34 heavy (non-hydrogen) atoms. The van der Waals surface area contributed by atoms with E-state index in [4.69, 9.17) is 4.74 Å². The number of anilines is 3. The summed E-state index contributed by atoms with van der Waals surface area (Å²) in [4.78, 5) is 2.12. The number of rotatable bonds is 5.